The lowest BCUT2D eigenvalue weighted by molar-refractivity contribution is 0.304. The van der Waals surface area contributed by atoms with E-state index >= 15 is 0 Å². The van der Waals surface area contributed by atoms with Crippen LogP contribution in [0.25, 0.3) is 0 Å². The van der Waals surface area contributed by atoms with Crippen LogP contribution in [0.15, 0.2) is 41.2 Å². The second-order valence-electron chi connectivity index (χ2n) is 3.28. The fraction of sp³-hybridized carbons (Fsp3) is 0.154. The van der Waals surface area contributed by atoms with Gasteiger partial charge in [-0.3, -0.25) is 0 Å². The summed E-state index contributed by atoms with van der Waals surface area (Å²) in [6.45, 7) is 0.441. The largest absolute Gasteiger partial charge is 0.489 e. The van der Waals surface area contributed by atoms with Crippen LogP contribution in [0.2, 0.25) is 0 Å². The molecule has 0 aliphatic rings. The maximum Gasteiger partial charge on any atom is 0.130 e. The highest BCUT2D eigenvalue weighted by Crippen LogP contribution is 2.13. The zero-order valence-electron chi connectivity index (χ0n) is 9.02. The molecular weight excluding hydrogens is 238 g/mol. The molecule has 0 amide bonds. The van der Waals surface area contributed by atoms with Crippen LogP contribution in [0.4, 0.5) is 0 Å². The van der Waals surface area contributed by atoms with Crippen molar-refractivity contribution in [3.8, 4) is 17.6 Å². The van der Waals surface area contributed by atoms with Crippen LogP contribution in [0.5, 0.6) is 5.75 Å². The summed E-state index contributed by atoms with van der Waals surface area (Å²) in [5.41, 5.74) is 1.82. The Morgan fingerprint density at radius 1 is 1.29 bits per heavy atom. The molecule has 0 unspecified atom stereocenters. The van der Waals surface area contributed by atoms with E-state index in [4.69, 9.17) is 20.9 Å². The van der Waals surface area contributed by atoms with E-state index < -0.39 is 0 Å². The lowest BCUT2D eigenvalue weighted by atomic mass is 10.2. The van der Waals surface area contributed by atoms with Crippen LogP contribution < -0.4 is 4.74 Å². The molecule has 17 heavy (non-hydrogen) atoms. The van der Waals surface area contributed by atoms with Gasteiger partial charge in [0.2, 0.25) is 0 Å². The van der Waals surface area contributed by atoms with Gasteiger partial charge in [-0.1, -0.05) is 17.0 Å². The normalized spacial score (nSPS) is 9.47. The third kappa shape index (κ3) is 3.54. The van der Waals surface area contributed by atoms with Gasteiger partial charge in [0.15, 0.2) is 0 Å². The van der Waals surface area contributed by atoms with Gasteiger partial charge in [0.1, 0.15) is 18.6 Å². The molecule has 0 N–H and O–H groups in total. The molecule has 2 rings (SSSR count). The van der Waals surface area contributed by atoms with Crippen LogP contribution >= 0.6 is 11.6 Å². The number of halogens is 1. The summed E-state index contributed by atoms with van der Waals surface area (Å²) in [5, 5.41) is 3.60. The Kier molecular flexibility index (Phi) is 4.06. The summed E-state index contributed by atoms with van der Waals surface area (Å²) < 4.78 is 10.2. The molecule has 4 heteroatoms. The van der Waals surface area contributed by atoms with Gasteiger partial charge in [-0.15, -0.1) is 11.6 Å². The summed E-state index contributed by atoms with van der Waals surface area (Å²) in [6, 6.07) is 7.52. The number of benzene rings is 1. The maximum absolute atomic E-state index is 5.54. The van der Waals surface area contributed by atoms with E-state index in [0.717, 1.165) is 16.9 Å². The van der Waals surface area contributed by atoms with E-state index in [1.165, 1.54) is 0 Å². The Hall–Kier alpha value is -1.92. The van der Waals surface area contributed by atoms with Crippen molar-refractivity contribution < 1.29 is 9.26 Å². The molecule has 86 valence electrons. The summed E-state index contributed by atoms with van der Waals surface area (Å²) in [4.78, 5) is 0. The number of hydrogen-bond acceptors (Lipinski definition) is 3. The second kappa shape index (κ2) is 5.97. The zero-order chi connectivity index (χ0) is 11.9. The molecule has 0 aliphatic carbocycles. The minimum Gasteiger partial charge on any atom is -0.489 e. The standard InChI is InChI=1S/C13H10ClNO2/c14-7-1-2-11-3-5-13(6-4-11)16-9-12-8-15-17-10-12/h3-6,8,10H,7,9H2. The molecule has 0 bridgehead atoms. The Labute approximate surface area is 104 Å². The topological polar surface area (TPSA) is 35.3 Å². The monoisotopic (exact) mass is 247 g/mol. The van der Waals surface area contributed by atoms with E-state index in [-0.39, 0.29) is 0 Å². The van der Waals surface area contributed by atoms with E-state index in [1.54, 1.807) is 12.5 Å². The van der Waals surface area contributed by atoms with Crippen molar-refractivity contribution >= 4 is 11.6 Å². The zero-order valence-corrected chi connectivity index (χ0v) is 9.78. The summed E-state index contributed by atoms with van der Waals surface area (Å²) >= 11 is 5.48. The minimum absolute atomic E-state index is 0.339. The SMILES string of the molecule is ClCC#Cc1ccc(OCc2cnoc2)cc1. The molecule has 0 atom stereocenters. The van der Waals surface area contributed by atoms with Gasteiger partial charge in [0.25, 0.3) is 0 Å². The first-order valence-electron chi connectivity index (χ1n) is 5.04. The van der Waals surface area contributed by atoms with Crippen molar-refractivity contribution in [3.63, 3.8) is 0 Å². The fourth-order valence-electron chi connectivity index (χ4n) is 1.23. The molecule has 0 radical (unpaired) electrons. The van der Waals surface area contributed by atoms with Crippen molar-refractivity contribution in [1.29, 1.82) is 0 Å². The highest BCUT2D eigenvalue weighted by atomic mass is 35.5. The minimum atomic E-state index is 0.339. The first kappa shape index (κ1) is 11.6. The van der Waals surface area contributed by atoms with E-state index in [0.29, 0.717) is 12.5 Å². The molecule has 1 aromatic carbocycles. The average molecular weight is 248 g/mol. The van der Waals surface area contributed by atoms with Crippen molar-refractivity contribution in [2.24, 2.45) is 0 Å². The van der Waals surface area contributed by atoms with Crippen molar-refractivity contribution in [3.05, 3.63) is 47.9 Å². The second-order valence-corrected chi connectivity index (χ2v) is 3.55. The highest BCUT2D eigenvalue weighted by molar-refractivity contribution is 6.19. The van der Waals surface area contributed by atoms with Gasteiger partial charge < -0.3 is 9.26 Å². The Balaban J connectivity index is 1.94. The molecule has 0 saturated heterocycles. The molecule has 1 heterocycles. The van der Waals surface area contributed by atoms with Crippen molar-refractivity contribution in [1.82, 2.24) is 5.16 Å². The van der Waals surface area contributed by atoms with Crippen molar-refractivity contribution in [2.75, 3.05) is 5.88 Å². The third-order valence-corrected chi connectivity index (χ3v) is 2.18. The first-order valence-corrected chi connectivity index (χ1v) is 5.58. The molecule has 2 aromatic rings. The van der Waals surface area contributed by atoms with Gasteiger partial charge in [-0.2, -0.15) is 0 Å². The Morgan fingerprint density at radius 2 is 2.12 bits per heavy atom. The van der Waals surface area contributed by atoms with Crippen LogP contribution in [-0.4, -0.2) is 11.0 Å². The van der Waals surface area contributed by atoms with E-state index in [2.05, 4.69) is 17.0 Å². The number of alkyl halides is 1. The predicted molar refractivity (Wildman–Crippen MR) is 64.9 cm³/mol. The van der Waals surface area contributed by atoms with Crippen LogP contribution in [0.3, 0.4) is 0 Å². The van der Waals surface area contributed by atoms with Crippen molar-refractivity contribution in [2.45, 2.75) is 6.61 Å². The molecule has 0 spiro atoms. The number of hydrogen-bond donors (Lipinski definition) is 0. The number of ether oxygens (including phenoxy) is 1. The molecule has 3 nitrogen and oxygen atoms in total. The van der Waals surface area contributed by atoms with Crippen LogP contribution in [0.1, 0.15) is 11.1 Å². The molecule has 0 saturated carbocycles. The van der Waals surface area contributed by atoms with E-state index in [9.17, 15) is 0 Å². The number of aromatic nitrogens is 1. The van der Waals surface area contributed by atoms with Gasteiger partial charge in [0, 0.05) is 11.1 Å². The van der Waals surface area contributed by atoms with Gasteiger partial charge in [-0.05, 0) is 24.3 Å². The molecular formula is C13H10ClNO2. The predicted octanol–water partition coefficient (Wildman–Crippen LogP) is 2.84. The van der Waals surface area contributed by atoms with Crippen LogP contribution in [-0.2, 0) is 6.61 Å². The smallest absolute Gasteiger partial charge is 0.130 e. The van der Waals surface area contributed by atoms with Gasteiger partial charge in [0.05, 0.1) is 12.1 Å². The fourth-order valence-corrected chi connectivity index (χ4v) is 1.30. The van der Waals surface area contributed by atoms with Crippen LogP contribution in [0, 0.1) is 11.8 Å². The van der Waals surface area contributed by atoms with Gasteiger partial charge in [-0.25, -0.2) is 0 Å². The molecule has 0 aliphatic heterocycles. The Morgan fingerprint density at radius 3 is 2.76 bits per heavy atom. The lowest BCUT2D eigenvalue weighted by Crippen LogP contribution is -1.93. The summed E-state index contributed by atoms with van der Waals surface area (Å²) in [5.74, 6) is 6.84. The van der Waals surface area contributed by atoms with Gasteiger partial charge >= 0.3 is 0 Å². The summed E-state index contributed by atoms with van der Waals surface area (Å²) in [6.07, 6.45) is 3.18. The highest BCUT2D eigenvalue weighted by Gasteiger charge is 1.97. The molecule has 0 fully saturated rings. The maximum atomic E-state index is 5.54. The molecule has 1 aromatic heterocycles. The average Bonchev–Trinajstić information content (AvgIpc) is 2.88. The number of nitrogens with zero attached hydrogens (tertiary/aromatic N) is 1. The quantitative estimate of drug-likeness (QED) is 0.618. The van der Waals surface area contributed by atoms with E-state index in [1.807, 2.05) is 24.3 Å². The number of rotatable bonds is 3. The first-order chi connectivity index (χ1) is 8.38. The lowest BCUT2D eigenvalue weighted by Gasteiger charge is -2.03. The summed E-state index contributed by atoms with van der Waals surface area (Å²) in [7, 11) is 0. The Bertz CT molecular complexity index is 509. The third-order valence-electron chi connectivity index (χ3n) is 2.04.